The van der Waals surface area contributed by atoms with Crippen molar-refractivity contribution in [2.24, 2.45) is 11.7 Å². The van der Waals surface area contributed by atoms with E-state index in [2.05, 4.69) is 10.6 Å². The molecule has 132 valence electrons. The summed E-state index contributed by atoms with van der Waals surface area (Å²) in [6.45, 7) is 2.30. The molecule has 2 amide bonds. The van der Waals surface area contributed by atoms with E-state index in [-0.39, 0.29) is 24.3 Å². The number of nitrogens with one attached hydrogen (secondary N) is 2. The molecule has 6 nitrogen and oxygen atoms in total. The molecule has 0 saturated heterocycles. The van der Waals surface area contributed by atoms with Crippen LogP contribution >= 0.6 is 0 Å². The predicted molar refractivity (Wildman–Crippen MR) is 92.4 cm³/mol. The van der Waals surface area contributed by atoms with Gasteiger partial charge >= 0.3 is 0 Å². The number of amides is 2. The summed E-state index contributed by atoms with van der Waals surface area (Å²) in [6.07, 6.45) is 3.69. The Morgan fingerprint density at radius 1 is 1.25 bits per heavy atom. The van der Waals surface area contributed by atoms with E-state index in [0.29, 0.717) is 6.54 Å². The van der Waals surface area contributed by atoms with Crippen molar-refractivity contribution in [3.63, 3.8) is 0 Å². The zero-order valence-electron chi connectivity index (χ0n) is 14.4. The van der Waals surface area contributed by atoms with Crippen molar-refractivity contribution in [3.05, 3.63) is 29.8 Å². The van der Waals surface area contributed by atoms with Gasteiger partial charge in [0.05, 0.1) is 19.6 Å². The van der Waals surface area contributed by atoms with Gasteiger partial charge in [-0.3, -0.25) is 9.59 Å². The third-order valence-corrected chi connectivity index (χ3v) is 4.64. The Bertz CT molecular complexity index is 569. The Morgan fingerprint density at radius 3 is 2.58 bits per heavy atom. The van der Waals surface area contributed by atoms with E-state index >= 15 is 0 Å². The van der Waals surface area contributed by atoms with Gasteiger partial charge in [0.2, 0.25) is 11.8 Å². The van der Waals surface area contributed by atoms with Crippen molar-refractivity contribution >= 4 is 11.8 Å². The molecule has 1 aliphatic rings. The van der Waals surface area contributed by atoms with Crippen LogP contribution in [0.4, 0.5) is 0 Å². The van der Waals surface area contributed by atoms with Crippen LogP contribution in [-0.2, 0) is 16.1 Å². The highest BCUT2D eigenvalue weighted by atomic mass is 16.5. The van der Waals surface area contributed by atoms with Crippen molar-refractivity contribution in [1.29, 1.82) is 0 Å². The molecule has 0 spiro atoms. The van der Waals surface area contributed by atoms with Gasteiger partial charge in [-0.15, -0.1) is 0 Å². The average molecular weight is 333 g/mol. The molecular weight excluding hydrogens is 306 g/mol. The van der Waals surface area contributed by atoms with Gasteiger partial charge in [-0.05, 0) is 37.5 Å². The Labute approximate surface area is 143 Å². The first-order valence-corrected chi connectivity index (χ1v) is 8.38. The largest absolute Gasteiger partial charge is 0.497 e. The van der Waals surface area contributed by atoms with Gasteiger partial charge in [0.1, 0.15) is 5.75 Å². The molecule has 1 fully saturated rings. The molecular formula is C18H27N3O3. The Balaban J connectivity index is 1.75. The van der Waals surface area contributed by atoms with Gasteiger partial charge in [0.25, 0.3) is 0 Å². The Morgan fingerprint density at radius 2 is 1.96 bits per heavy atom. The van der Waals surface area contributed by atoms with Crippen LogP contribution < -0.4 is 21.1 Å². The number of hydrogen-bond acceptors (Lipinski definition) is 4. The molecule has 0 aromatic heterocycles. The molecule has 1 aliphatic carbocycles. The average Bonchev–Trinajstić information content (AvgIpc) is 2.58. The quantitative estimate of drug-likeness (QED) is 0.732. The number of rotatable bonds is 6. The van der Waals surface area contributed by atoms with Crippen molar-refractivity contribution < 1.29 is 14.3 Å². The maximum atomic E-state index is 12.3. The highest BCUT2D eigenvalue weighted by molar-refractivity contribution is 5.86. The lowest BCUT2D eigenvalue weighted by molar-refractivity contribution is -0.131. The highest BCUT2D eigenvalue weighted by Gasteiger charge is 2.37. The van der Waals surface area contributed by atoms with Gasteiger partial charge in [-0.1, -0.05) is 25.0 Å². The van der Waals surface area contributed by atoms with Crippen molar-refractivity contribution in [1.82, 2.24) is 10.6 Å². The van der Waals surface area contributed by atoms with E-state index in [1.54, 1.807) is 7.11 Å². The van der Waals surface area contributed by atoms with E-state index in [1.165, 1.54) is 0 Å². The summed E-state index contributed by atoms with van der Waals surface area (Å²) in [4.78, 5) is 24.2. The Kier molecular flexibility index (Phi) is 6.20. The molecule has 2 unspecified atom stereocenters. The van der Waals surface area contributed by atoms with Crippen molar-refractivity contribution in [3.8, 4) is 5.75 Å². The number of methoxy groups -OCH3 is 1. The molecule has 2 rings (SSSR count). The van der Waals surface area contributed by atoms with Crippen LogP contribution in [-0.4, -0.2) is 31.0 Å². The van der Waals surface area contributed by atoms with E-state index < -0.39 is 5.54 Å². The lowest BCUT2D eigenvalue weighted by atomic mass is 9.74. The molecule has 0 bridgehead atoms. The second kappa shape index (κ2) is 8.15. The summed E-state index contributed by atoms with van der Waals surface area (Å²) < 4.78 is 5.09. The highest BCUT2D eigenvalue weighted by Crippen LogP contribution is 2.31. The van der Waals surface area contributed by atoms with E-state index in [1.807, 2.05) is 31.2 Å². The molecule has 1 aromatic carbocycles. The van der Waals surface area contributed by atoms with Crippen LogP contribution in [0.25, 0.3) is 0 Å². The van der Waals surface area contributed by atoms with Crippen LogP contribution in [0.2, 0.25) is 0 Å². The fourth-order valence-electron chi connectivity index (χ4n) is 3.09. The summed E-state index contributed by atoms with van der Waals surface area (Å²) in [6, 6.07) is 7.46. The van der Waals surface area contributed by atoms with Gasteiger partial charge in [-0.25, -0.2) is 0 Å². The van der Waals surface area contributed by atoms with Gasteiger partial charge in [-0.2, -0.15) is 0 Å². The van der Waals surface area contributed by atoms with E-state index in [4.69, 9.17) is 10.5 Å². The molecule has 0 heterocycles. The van der Waals surface area contributed by atoms with Crippen LogP contribution in [0.5, 0.6) is 5.75 Å². The third kappa shape index (κ3) is 4.96. The zero-order chi connectivity index (χ0) is 17.6. The first-order valence-electron chi connectivity index (χ1n) is 8.38. The normalized spacial score (nSPS) is 23.4. The first kappa shape index (κ1) is 18.3. The summed E-state index contributed by atoms with van der Waals surface area (Å²) >= 11 is 0. The SMILES string of the molecule is COc1ccc(CNC(=O)CNC(=O)C2CCCCC2(C)N)cc1. The molecule has 2 atom stereocenters. The molecule has 1 saturated carbocycles. The van der Waals surface area contributed by atoms with E-state index in [0.717, 1.165) is 37.0 Å². The molecule has 6 heteroatoms. The minimum absolute atomic E-state index is 0.0262. The molecule has 0 aliphatic heterocycles. The minimum Gasteiger partial charge on any atom is -0.497 e. The van der Waals surface area contributed by atoms with E-state index in [9.17, 15) is 9.59 Å². The maximum absolute atomic E-state index is 12.3. The fraction of sp³-hybridized carbons (Fsp3) is 0.556. The van der Waals surface area contributed by atoms with Crippen LogP contribution in [0.15, 0.2) is 24.3 Å². The molecule has 0 radical (unpaired) electrons. The van der Waals surface area contributed by atoms with Gasteiger partial charge < -0.3 is 21.1 Å². The number of nitrogens with two attached hydrogens (primary N) is 1. The number of ether oxygens (including phenoxy) is 1. The van der Waals surface area contributed by atoms with Crippen LogP contribution in [0.1, 0.15) is 38.2 Å². The minimum atomic E-state index is -0.484. The number of carbonyl (C=O) groups excluding carboxylic acids is 2. The van der Waals surface area contributed by atoms with Gasteiger partial charge in [0, 0.05) is 12.1 Å². The number of carbonyl (C=O) groups is 2. The van der Waals surface area contributed by atoms with Crippen LogP contribution in [0, 0.1) is 5.92 Å². The van der Waals surface area contributed by atoms with Crippen molar-refractivity contribution in [2.75, 3.05) is 13.7 Å². The maximum Gasteiger partial charge on any atom is 0.239 e. The second-order valence-corrected chi connectivity index (χ2v) is 6.65. The summed E-state index contributed by atoms with van der Waals surface area (Å²) in [7, 11) is 1.61. The molecule has 24 heavy (non-hydrogen) atoms. The lowest BCUT2D eigenvalue weighted by Crippen LogP contribution is -2.53. The second-order valence-electron chi connectivity index (χ2n) is 6.65. The van der Waals surface area contributed by atoms with Crippen LogP contribution in [0.3, 0.4) is 0 Å². The first-order chi connectivity index (χ1) is 11.4. The van der Waals surface area contributed by atoms with Crippen molar-refractivity contribution in [2.45, 2.75) is 44.7 Å². The molecule has 4 N–H and O–H groups in total. The number of hydrogen-bond donors (Lipinski definition) is 3. The fourth-order valence-corrected chi connectivity index (χ4v) is 3.09. The predicted octanol–water partition coefficient (Wildman–Crippen LogP) is 1.34. The lowest BCUT2D eigenvalue weighted by Gasteiger charge is -2.37. The topological polar surface area (TPSA) is 93.5 Å². The summed E-state index contributed by atoms with van der Waals surface area (Å²) in [5.74, 6) is 0.211. The zero-order valence-corrected chi connectivity index (χ0v) is 14.4. The monoisotopic (exact) mass is 333 g/mol. The number of benzene rings is 1. The summed E-state index contributed by atoms with van der Waals surface area (Å²) in [5.41, 5.74) is 6.70. The molecule has 1 aromatic rings. The third-order valence-electron chi connectivity index (χ3n) is 4.64. The smallest absolute Gasteiger partial charge is 0.239 e. The summed E-state index contributed by atoms with van der Waals surface area (Å²) in [5, 5.41) is 5.50. The Hall–Kier alpha value is -2.08. The van der Waals surface area contributed by atoms with Gasteiger partial charge in [0.15, 0.2) is 0 Å². The standard InChI is InChI=1S/C18H27N3O3/c1-18(19)10-4-3-5-15(18)17(23)21-12-16(22)20-11-13-6-8-14(24-2)9-7-13/h6-9,15H,3-5,10-12,19H2,1-2H3,(H,20,22)(H,21,23).